The summed E-state index contributed by atoms with van der Waals surface area (Å²) < 4.78 is 11.5. The zero-order valence-electron chi connectivity index (χ0n) is 19.0. The lowest BCUT2D eigenvalue weighted by molar-refractivity contribution is 0.0618. The number of ether oxygens (including phenoxy) is 2. The van der Waals surface area contributed by atoms with E-state index < -0.39 is 0 Å². The van der Waals surface area contributed by atoms with Gasteiger partial charge >= 0.3 is 0 Å². The van der Waals surface area contributed by atoms with Crippen LogP contribution in [0.25, 0.3) is 0 Å². The third-order valence-corrected chi connectivity index (χ3v) is 6.71. The van der Waals surface area contributed by atoms with Gasteiger partial charge in [-0.1, -0.05) is 29.8 Å². The van der Waals surface area contributed by atoms with Crippen molar-refractivity contribution in [2.24, 2.45) is 0 Å². The molecule has 0 unspecified atom stereocenters. The summed E-state index contributed by atoms with van der Waals surface area (Å²) >= 11 is 1.79. The molecule has 1 N–H and O–H groups in total. The molecule has 4 nitrogen and oxygen atoms in total. The summed E-state index contributed by atoms with van der Waals surface area (Å²) in [6, 6.07) is 22.0. The number of amides is 1. The smallest absolute Gasteiger partial charge is 0.251 e. The van der Waals surface area contributed by atoms with Crippen LogP contribution in [-0.2, 0) is 5.75 Å². The minimum Gasteiger partial charge on any atom is -0.497 e. The summed E-state index contributed by atoms with van der Waals surface area (Å²) in [5.74, 6) is 2.32. The molecule has 4 rings (SSSR count). The monoisotopic (exact) mass is 447 g/mol. The fourth-order valence-corrected chi connectivity index (χ4v) is 4.74. The minimum atomic E-state index is -0.364. The molecule has 1 aliphatic rings. The van der Waals surface area contributed by atoms with Crippen LogP contribution in [0.5, 0.6) is 11.5 Å². The van der Waals surface area contributed by atoms with Gasteiger partial charge < -0.3 is 14.8 Å². The summed E-state index contributed by atoms with van der Waals surface area (Å²) in [7, 11) is 1.64. The molecule has 5 heteroatoms. The van der Waals surface area contributed by atoms with Gasteiger partial charge in [0.15, 0.2) is 0 Å². The van der Waals surface area contributed by atoms with E-state index in [0.29, 0.717) is 12.0 Å². The van der Waals surface area contributed by atoms with Gasteiger partial charge in [0.2, 0.25) is 0 Å². The highest BCUT2D eigenvalue weighted by Crippen LogP contribution is 2.41. The number of hydrogen-bond acceptors (Lipinski definition) is 4. The Bertz CT molecular complexity index is 1090. The van der Waals surface area contributed by atoms with Gasteiger partial charge in [-0.25, -0.2) is 0 Å². The second-order valence-electron chi connectivity index (χ2n) is 8.79. The molecule has 0 saturated heterocycles. The van der Waals surface area contributed by atoms with Crippen LogP contribution in [0.4, 0.5) is 0 Å². The number of fused-ring (bicyclic) bond motifs is 1. The highest BCUT2D eigenvalue weighted by atomic mass is 32.2. The van der Waals surface area contributed by atoms with Gasteiger partial charge in [-0.2, -0.15) is 0 Å². The molecular weight excluding hydrogens is 418 g/mol. The zero-order valence-corrected chi connectivity index (χ0v) is 19.8. The van der Waals surface area contributed by atoms with Crippen LogP contribution in [0, 0.1) is 6.92 Å². The number of nitrogens with one attached hydrogen (secondary N) is 1. The molecule has 1 amide bonds. The average molecular weight is 448 g/mol. The standard InChI is InChI=1S/C27H29NO3S/c1-18-5-12-22(13-6-18)32-17-19-7-9-20(10-8-19)26(29)28-24-16-27(2,3)31-25-14-11-21(30-4)15-23(24)25/h5-15,24H,16-17H2,1-4H3,(H,28,29)/t24-/m0/s1. The maximum atomic E-state index is 13.0. The third-order valence-electron chi connectivity index (χ3n) is 5.62. The van der Waals surface area contributed by atoms with Gasteiger partial charge in [-0.15, -0.1) is 11.8 Å². The van der Waals surface area contributed by atoms with Crippen LogP contribution >= 0.6 is 11.8 Å². The molecule has 1 aliphatic heterocycles. The molecule has 0 fully saturated rings. The van der Waals surface area contributed by atoms with Crippen LogP contribution in [0.2, 0.25) is 0 Å². The Hall–Kier alpha value is -2.92. The largest absolute Gasteiger partial charge is 0.497 e. The Labute approximate surface area is 194 Å². The van der Waals surface area contributed by atoms with Gasteiger partial charge in [0.1, 0.15) is 17.1 Å². The molecule has 32 heavy (non-hydrogen) atoms. The van der Waals surface area contributed by atoms with Gasteiger partial charge in [-0.3, -0.25) is 4.79 Å². The van der Waals surface area contributed by atoms with E-state index in [1.165, 1.54) is 16.0 Å². The first-order valence-corrected chi connectivity index (χ1v) is 11.8. The molecule has 0 saturated carbocycles. The SMILES string of the molecule is COc1ccc2c(c1)[C@@H](NC(=O)c1ccc(CSc3ccc(C)cc3)cc1)CC(C)(C)O2. The molecule has 3 aromatic rings. The van der Waals surface area contributed by atoms with Gasteiger partial charge in [0.25, 0.3) is 5.91 Å². The number of carbonyl (C=O) groups is 1. The Morgan fingerprint density at radius 2 is 1.81 bits per heavy atom. The number of rotatable bonds is 6. The third kappa shape index (κ3) is 5.28. The van der Waals surface area contributed by atoms with E-state index in [-0.39, 0.29) is 17.6 Å². The van der Waals surface area contributed by atoms with Crippen molar-refractivity contribution in [1.82, 2.24) is 5.32 Å². The Kier molecular flexibility index (Phi) is 6.47. The zero-order chi connectivity index (χ0) is 22.7. The number of benzene rings is 3. The molecule has 0 aliphatic carbocycles. The first-order chi connectivity index (χ1) is 15.3. The molecule has 166 valence electrons. The molecule has 0 radical (unpaired) electrons. The molecule has 3 aromatic carbocycles. The molecule has 1 atom stereocenters. The predicted molar refractivity (Wildman–Crippen MR) is 130 cm³/mol. The van der Waals surface area contributed by atoms with E-state index in [9.17, 15) is 4.79 Å². The lowest BCUT2D eigenvalue weighted by Crippen LogP contribution is -2.41. The topological polar surface area (TPSA) is 47.6 Å². The fraction of sp³-hybridized carbons (Fsp3) is 0.296. The maximum absolute atomic E-state index is 13.0. The fourth-order valence-electron chi connectivity index (χ4n) is 3.88. The molecule has 0 bridgehead atoms. The van der Waals surface area contributed by atoms with E-state index in [2.05, 4.69) is 36.5 Å². The van der Waals surface area contributed by atoms with Gasteiger partial charge in [-0.05, 0) is 68.8 Å². The first-order valence-electron chi connectivity index (χ1n) is 10.8. The second kappa shape index (κ2) is 9.29. The summed E-state index contributed by atoms with van der Waals surface area (Å²) in [4.78, 5) is 14.3. The van der Waals surface area contributed by atoms with E-state index >= 15 is 0 Å². The number of aryl methyl sites for hydroxylation is 1. The number of hydrogen-bond donors (Lipinski definition) is 1. The van der Waals surface area contributed by atoms with E-state index in [4.69, 9.17) is 9.47 Å². The van der Waals surface area contributed by atoms with Crippen LogP contribution in [0.1, 0.15) is 53.4 Å². The first kappa shape index (κ1) is 22.3. The van der Waals surface area contributed by atoms with Crippen LogP contribution in [-0.4, -0.2) is 18.6 Å². The highest BCUT2D eigenvalue weighted by molar-refractivity contribution is 7.98. The van der Waals surface area contributed by atoms with E-state index in [0.717, 1.165) is 22.8 Å². The van der Waals surface area contributed by atoms with Crippen molar-refractivity contribution >= 4 is 17.7 Å². The van der Waals surface area contributed by atoms with Crippen molar-refractivity contribution in [2.45, 2.75) is 49.5 Å². The van der Waals surface area contributed by atoms with Gasteiger partial charge in [0.05, 0.1) is 13.2 Å². The molecule has 0 aromatic heterocycles. The van der Waals surface area contributed by atoms with Crippen molar-refractivity contribution in [2.75, 3.05) is 7.11 Å². The minimum absolute atomic E-state index is 0.0841. The van der Waals surface area contributed by atoms with E-state index in [1.54, 1.807) is 18.9 Å². The summed E-state index contributed by atoms with van der Waals surface area (Å²) in [6.45, 7) is 6.17. The van der Waals surface area contributed by atoms with E-state index in [1.807, 2.05) is 56.3 Å². The predicted octanol–water partition coefficient (Wildman–Crippen LogP) is 6.33. The van der Waals surface area contributed by atoms with Crippen LogP contribution in [0.15, 0.2) is 71.6 Å². The van der Waals surface area contributed by atoms with Crippen molar-refractivity contribution in [3.8, 4) is 11.5 Å². The van der Waals surface area contributed by atoms with Crippen molar-refractivity contribution in [1.29, 1.82) is 0 Å². The summed E-state index contributed by atoms with van der Waals surface area (Å²) in [5.41, 5.74) is 3.69. The number of carbonyl (C=O) groups excluding carboxylic acids is 1. The number of methoxy groups -OCH3 is 1. The molecule has 0 spiro atoms. The van der Waals surface area contributed by atoms with Gasteiger partial charge in [0, 0.05) is 28.2 Å². The number of thioether (sulfide) groups is 1. The summed E-state index contributed by atoms with van der Waals surface area (Å²) in [5, 5.41) is 3.20. The van der Waals surface area contributed by atoms with Crippen molar-refractivity contribution < 1.29 is 14.3 Å². The lowest BCUT2D eigenvalue weighted by Gasteiger charge is -2.38. The van der Waals surface area contributed by atoms with Crippen LogP contribution < -0.4 is 14.8 Å². The molecule has 1 heterocycles. The van der Waals surface area contributed by atoms with Crippen LogP contribution in [0.3, 0.4) is 0 Å². The summed E-state index contributed by atoms with van der Waals surface area (Å²) in [6.07, 6.45) is 0.685. The highest BCUT2D eigenvalue weighted by Gasteiger charge is 2.35. The quantitative estimate of drug-likeness (QED) is 0.449. The average Bonchev–Trinajstić information content (AvgIpc) is 2.78. The normalized spacial score (nSPS) is 16.6. The second-order valence-corrected chi connectivity index (χ2v) is 9.84. The Morgan fingerprint density at radius 3 is 2.50 bits per heavy atom. The Morgan fingerprint density at radius 1 is 1.09 bits per heavy atom. The molecular formula is C27H29NO3S. The Balaban J connectivity index is 1.44. The lowest BCUT2D eigenvalue weighted by atomic mass is 9.89. The maximum Gasteiger partial charge on any atom is 0.251 e. The van der Waals surface area contributed by atoms with Crippen molar-refractivity contribution in [3.63, 3.8) is 0 Å². The van der Waals surface area contributed by atoms with Crippen molar-refractivity contribution in [3.05, 3.63) is 89.0 Å².